The molecule has 0 amide bonds. The highest BCUT2D eigenvalue weighted by Gasteiger charge is 2.33. The second-order valence-electron chi connectivity index (χ2n) is 7.85. The van der Waals surface area contributed by atoms with E-state index in [2.05, 4.69) is 53.5 Å². The van der Waals surface area contributed by atoms with E-state index >= 15 is 0 Å². The highest BCUT2D eigenvalue weighted by atomic mass is 32.1. The second-order valence-corrected chi connectivity index (χ2v) is 8.63. The van der Waals surface area contributed by atoms with Crippen LogP contribution in [0.25, 0.3) is 17.0 Å². The summed E-state index contributed by atoms with van der Waals surface area (Å²) in [4.78, 5) is 2.49. The van der Waals surface area contributed by atoms with Crippen LogP contribution in [-0.4, -0.2) is 62.1 Å². The Labute approximate surface area is 163 Å². The van der Waals surface area contributed by atoms with E-state index in [0.29, 0.717) is 0 Å². The van der Waals surface area contributed by atoms with Crippen LogP contribution in [0.1, 0.15) is 27.7 Å². The fraction of sp³-hybridized carbons (Fsp3) is 0.526. The monoisotopic (exact) mass is 386 g/mol. The van der Waals surface area contributed by atoms with Gasteiger partial charge in [-0.2, -0.15) is 15.9 Å². The Morgan fingerprint density at radius 1 is 1.19 bits per heavy atom. The largest absolute Gasteiger partial charge is 0.373 e. The number of rotatable bonds is 5. The van der Waals surface area contributed by atoms with E-state index in [1.54, 1.807) is 15.9 Å². The summed E-state index contributed by atoms with van der Waals surface area (Å²) in [5.74, 6) is 1.59. The van der Waals surface area contributed by atoms with Gasteiger partial charge in [0, 0.05) is 36.1 Å². The lowest BCUT2D eigenvalue weighted by atomic mass is 10.00. The SMILES string of the molecule is CC1CN(C(C)(C)CNc2ccc3nnc(-c4ccsc4)n3n2)CC(C)O1. The van der Waals surface area contributed by atoms with Crippen LogP contribution in [0.4, 0.5) is 5.82 Å². The number of thiophene rings is 1. The first-order valence-electron chi connectivity index (χ1n) is 9.32. The van der Waals surface area contributed by atoms with Gasteiger partial charge in [-0.25, -0.2) is 0 Å². The van der Waals surface area contributed by atoms with Crippen LogP contribution in [-0.2, 0) is 4.74 Å². The maximum absolute atomic E-state index is 5.87. The lowest BCUT2D eigenvalue weighted by Crippen LogP contribution is -2.57. The number of nitrogens with zero attached hydrogens (tertiary/aromatic N) is 5. The molecule has 3 aromatic rings. The summed E-state index contributed by atoms with van der Waals surface area (Å²) in [6.45, 7) is 11.5. The molecule has 1 aliphatic rings. The fourth-order valence-electron chi connectivity index (χ4n) is 3.55. The molecule has 0 aliphatic carbocycles. The van der Waals surface area contributed by atoms with E-state index < -0.39 is 0 Å². The van der Waals surface area contributed by atoms with E-state index in [9.17, 15) is 0 Å². The molecule has 4 rings (SSSR count). The van der Waals surface area contributed by atoms with Gasteiger partial charge in [-0.05, 0) is 51.3 Å². The molecule has 1 N–H and O–H groups in total. The van der Waals surface area contributed by atoms with Crippen molar-refractivity contribution < 1.29 is 4.74 Å². The third kappa shape index (κ3) is 3.83. The Balaban J connectivity index is 1.51. The lowest BCUT2D eigenvalue weighted by molar-refractivity contribution is -0.0933. The van der Waals surface area contributed by atoms with Gasteiger partial charge in [-0.1, -0.05) is 0 Å². The number of hydrogen-bond acceptors (Lipinski definition) is 7. The van der Waals surface area contributed by atoms with E-state index in [4.69, 9.17) is 9.84 Å². The van der Waals surface area contributed by atoms with Crippen molar-refractivity contribution in [1.82, 2.24) is 24.7 Å². The van der Waals surface area contributed by atoms with Crippen molar-refractivity contribution in [3.8, 4) is 11.4 Å². The summed E-state index contributed by atoms with van der Waals surface area (Å²) in [5.41, 5.74) is 1.78. The Kier molecular flexibility index (Phi) is 4.88. The van der Waals surface area contributed by atoms with Gasteiger partial charge in [0.2, 0.25) is 0 Å². The molecule has 1 fully saturated rings. The molecule has 2 atom stereocenters. The van der Waals surface area contributed by atoms with Crippen molar-refractivity contribution in [1.29, 1.82) is 0 Å². The predicted octanol–water partition coefficient (Wildman–Crippen LogP) is 3.15. The van der Waals surface area contributed by atoms with Crippen molar-refractivity contribution in [3.63, 3.8) is 0 Å². The van der Waals surface area contributed by atoms with Crippen molar-refractivity contribution in [2.45, 2.75) is 45.4 Å². The average Bonchev–Trinajstić information content (AvgIpc) is 3.28. The zero-order valence-corrected chi connectivity index (χ0v) is 17.0. The van der Waals surface area contributed by atoms with Gasteiger partial charge < -0.3 is 10.1 Å². The van der Waals surface area contributed by atoms with Crippen molar-refractivity contribution in [3.05, 3.63) is 29.0 Å². The lowest BCUT2D eigenvalue weighted by Gasteiger charge is -2.45. The summed E-state index contributed by atoms with van der Waals surface area (Å²) < 4.78 is 7.67. The van der Waals surface area contributed by atoms with Crippen molar-refractivity contribution in [2.75, 3.05) is 25.0 Å². The molecular formula is C19H26N6OS. The van der Waals surface area contributed by atoms with E-state index in [-0.39, 0.29) is 17.7 Å². The van der Waals surface area contributed by atoms with Gasteiger partial charge in [0.1, 0.15) is 5.82 Å². The molecule has 0 bridgehead atoms. The quantitative estimate of drug-likeness (QED) is 0.727. The summed E-state index contributed by atoms with van der Waals surface area (Å²) in [7, 11) is 0. The van der Waals surface area contributed by atoms with E-state index in [1.807, 2.05) is 23.6 Å². The molecule has 7 nitrogen and oxygen atoms in total. The normalized spacial score (nSPS) is 21.6. The third-order valence-electron chi connectivity index (χ3n) is 5.02. The maximum atomic E-state index is 5.87. The van der Waals surface area contributed by atoms with Crippen LogP contribution < -0.4 is 5.32 Å². The molecule has 8 heteroatoms. The minimum absolute atomic E-state index is 0.00763. The Morgan fingerprint density at radius 2 is 1.96 bits per heavy atom. The molecule has 27 heavy (non-hydrogen) atoms. The number of morpholine rings is 1. The average molecular weight is 387 g/mol. The van der Waals surface area contributed by atoms with Gasteiger partial charge in [0.15, 0.2) is 11.5 Å². The molecule has 1 aliphatic heterocycles. The number of anilines is 1. The highest BCUT2D eigenvalue weighted by Crippen LogP contribution is 2.23. The minimum atomic E-state index is -0.00763. The molecule has 0 aromatic carbocycles. The van der Waals surface area contributed by atoms with E-state index in [0.717, 1.165) is 42.5 Å². The molecule has 0 radical (unpaired) electrons. The van der Waals surface area contributed by atoms with Crippen LogP contribution in [0.15, 0.2) is 29.0 Å². The van der Waals surface area contributed by atoms with Gasteiger partial charge in [-0.3, -0.25) is 4.90 Å². The first-order chi connectivity index (χ1) is 12.9. The summed E-state index contributed by atoms with van der Waals surface area (Å²) in [6.07, 6.45) is 0.514. The van der Waals surface area contributed by atoms with Crippen LogP contribution in [0, 0.1) is 0 Å². The molecular weight excluding hydrogens is 360 g/mol. The first kappa shape index (κ1) is 18.3. The van der Waals surface area contributed by atoms with Crippen molar-refractivity contribution >= 4 is 22.8 Å². The van der Waals surface area contributed by atoms with Crippen LogP contribution >= 0.6 is 11.3 Å². The molecule has 4 heterocycles. The molecule has 0 saturated carbocycles. The van der Waals surface area contributed by atoms with Gasteiger partial charge in [0.05, 0.1) is 12.2 Å². The first-order valence-corrected chi connectivity index (χ1v) is 10.3. The fourth-order valence-corrected chi connectivity index (χ4v) is 4.18. The molecule has 2 unspecified atom stereocenters. The number of nitrogens with one attached hydrogen (secondary N) is 1. The number of aromatic nitrogens is 4. The van der Waals surface area contributed by atoms with Crippen LogP contribution in [0.3, 0.4) is 0 Å². The van der Waals surface area contributed by atoms with E-state index in [1.165, 1.54) is 0 Å². The number of fused-ring (bicyclic) bond motifs is 1. The van der Waals surface area contributed by atoms with Gasteiger partial charge in [0.25, 0.3) is 0 Å². The summed E-state index contributed by atoms with van der Waals surface area (Å²) in [6, 6.07) is 5.94. The number of hydrogen-bond donors (Lipinski definition) is 1. The zero-order chi connectivity index (χ0) is 19.0. The predicted molar refractivity (Wildman–Crippen MR) is 108 cm³/mol. The molecule has 0 spiro atoms. The topological polar surface area (TPSA) is 67.6 Å². The van der Waals surface area contributed by atoms with Crippen molar-refractivity contribution in [2.24, 2.45) is 0 Å². The zero-order valence-electron chi connectivity index (χ0n) is 16.2. The van der Waals surface area contributed by atoms with Crippen LogP contribution in [0.5, 0.6) is 0 Å². The summed E-state index contributed by atoms with van der Waals surface area (Å²) in [5, 5.41) is 20.8. The maximum Gasteiger partial charge on any atom is 0.186 e. The highest BCUT2D eigenvalue weighted by molar-refractivity contribution is 7.08. The smallest absolute Gasteiger partial charge is 0.186 e. The minimum Gasteiger partial charge on any atom is -0.373 e. The number of ether oxygens (including phenoxy) is 1. The second kappa shape index (κ2) is 7.18. The Hall–Kier alpha value is -2.03. The molecule has 144 valence electrons. The van der Waals surface area contributed by atoms with Gasteiger partial charge in [-0.15, -0.1) is 15.3 Å². The molecule has 1 saturated heterocycles. The Morgan fingerprint density at radius 3 is 2.67 bits per heavy atom. The molecule has 3 aromatic heterocycles. The standard InChI is InChI=1S/C19H26N6OS/c1-13-9-24(10-14(2)26-13)19(3,4)12-20-16-5-6-17-21-22-18(25(17)23-16)15-7-8-27-11-15/h5-8,11,13-14H,9-10,12H2,1-4H3,(H,20,23). The summed E-state index contributed by atoms with van der Waals surface area (Å²) >= 11 is 1.64. The third-order valence-corrected chi connectivity index (χ3v) is 5.70. The Bertz CT molecular complexity index is 896. The van der Waals surface area contributed by atoms with Crippen LogP contribution in [0.2, 0.25) is 0 Å². The van der Waals surface area contributed by atoms with Gasteiger partial charge >= 0.3 is 0 Å².